The molecule has 0 bridgehead atoms. The molecular formula is C23H30N8. The number of nitrogens with two attached hydrogens (primary N) is 1. The van der Waals surface area contributed by atoms with Gasteiger partial charge in [0.2, 0.25) is 0 Å². The number of amidine groups is 1. The first-order valence-corrected chi connectivity index (χ1v) is 10.5. The molecule has 8 heteroatoms. The van der Waals surface area contributed by atoms with Crippen LogP contribution in [0.1, 0.15) is 43.4 Å². The standard InChI is InChI=1S/C23H30N8/c1-16(26-13-3-11-24)14-22(29-23-15-21(30-31-23)19-6-7-19)28-17(2)27-20-8-4-18(5-9-20)10-12-25/h4-5,8-9,14-15,19,26-27H,2-3,6-7,10-11,13,24H2,1H3,(H2,28,29,30,31)/b16-14+. The van der Waals surface area contributed by atoms with Gasteiger partial charge in [0, 0.05) is 35.6 Å². The average molecular weight is 419 g/mol. The molecule has 6 N–H and O–H groups in total. The van der Waals surface area contributed by atoms with Gasteiger partial charge in [-0.25, -0.2) is 4.99 Å². The highest BCUT2D eigenvalue weighted by Crippen LogP contribution is 2.39. The number of aromatic nitrogens is 2. The quantitative estimate of drug-likeness (QED) is 0.216. The maximum absolute atomic E-state index is 8.80. The van der Waals surface area contributed by atoms with Crippen molar-refractivity contribution in [2.24, 2.45) is 10.7 Å². The summed E-state index contributed by atoms with van der Waals surface area (Å²) in [6.45, 7) is 7.49. The van der Waals surface area contributed by atoms with Crippen molar-refractivity contribution in [3.63, 3.8) is 0 Å². The number of nitrogens with zero attached hydrogens (tertiary/aromatic N) is 3. The van der Waals surface area contributed by atoms with Crippen LogP contribution in [0.4, 0.5) is 11.5 Å². The third-order valence-corrected chi connectivity index (χ3v) is 4.79. The Hall–Kier alpha value is -3.57. The largest absolute Gasteiger partial charge is 0.388 e. The zero-order valence-corrected chi connectivity index (χ0v) is 17.9. The SMILES string of the molecule is C=C(NC(/C=C(\C)NCCCN)=Nc1cc(C2CC2)[nH]n1)Nc1ccc(CC#N)cc1. The average Bonchev–Trinajstić information content (AvgIpc) is 3.49. The van der Waals surface area contributed by atoms with E-state index in [4.69, 9.17) is 11.0 Å². The molecule has 0 aliphatic heterocycles. The minimum Gasteiger partial charge on any atom is -0.388 e. The van der Waals surface area contributed by atoms with Crippen molar-refractivity contribution in [2.45, 2.75) is 38.5 Å². The van der Waals surface area contributed by atoms with Gasteiger partial charge in [0.25, 0.3) is 0 Å². The highest BCUT2D eigenvalue weighted by molar-refractivity contribution is 5.96. The molecule has 1 aromatic carbocycles. The second-order valence-electron chi connectivity index (χ2n) is 7.61. The molecule has 3 rings (SSSR count). The number of aliphatic imine (C=N–C) groups is 1. The van der Waals surface area contributed by atoms with Gasteiger partial charge >= 0.3 is 0 Å². The number of nitrogens with one attached hydrogen (secondary N) is 4. The first kappa shape index (κ1) is 22.1. The Morgan fingerprint density at radius 1 is 1.39 bits per heavy atom. The Morgan fingerprint density at radius 3 is 2.84 bits per heavy atom. The minimum absolute atomic E-state index is 0.393. The fraction of sp³-hybridized carbons (Fsp3) is 0.348. The Bertz CT molecular complexity index is 974. The van der Waals surface area contributed by atoms with E-state index in [0.717, 1.165) is 35.6 Å². The van der Waals surface area contributed by atoms with Crippen molar-refractivity contribution in [2.75, 3.05) is 18.4 Å². The second kappa shape index (κ2) is 11.0. The summed E-state index contributed by atoms with van der Waals surface area (Å²) in [5.41, 5.74) is 9.51. The Balaban J connectivity index is 1.69. The van der Waals surface area contributed by atoms with E-state index in [0.29, 0.717) is 36.4 Å². The lowest BCUT2D eigenvalue weighted by molar-refractivity contribution is 0.733. The summed E-state index contributed by atoms with van der Waals surface area (Å²) < 4.78 is 0. The molecule has 0 saturated heterocycles. The maximum atomic E-state index is 8.80. The highest BCUT2D eigenvalue weighted by atomic mass is 15.2. The molecule has 1 heterocycles. The van der Waals surface area contributed by atoms with Gasteiger partial charge in [0.15, 0.2) is 5.82 Å². The predicted molar refractivity (Wildman–Crippen MR) is 125 cm³/mol. The smallest absolute Gasteiger partial charge is 0.175 e. The van der Waals surface area contributed by atoms with Gasteiger partial charge in [-0.3, -0.25) is 5.10 Å². The lowest BCUT2D eigenvalue weighted by Crippen LogP contribution is -2.26. The van der Waals surface area contributed by atoms with Crippen molar-refractivity contribution < 1.29 is 0 Å². The number of rotatable bonds is 11. The third kappa shape index (κ3) is 7.32. The van der Waals surface area contributed by atoms with Crippen LogP contribution in [0.25, 0.3) is 0 Å². The van der Waals surface area contributed by atoms with Gasteiger partial charge < -0.3 is 21.7 Å². The van der Waals surface area contributed by atoms with E-state index in [9.17, 15) is 0 Å². The first-order chi connectivity index (χ1) is 15.1. The van der Waals surface area contributed by atoms with E-state index in [1.165, 1.54) is 12.8 Å². The number of hydrogen-bond donors (Lipinski definition) is 5. The van der Waals surface area contributed by atoms with Gasteiger partial charge in [0.05, 0.1) is 12.5 Å². The molecule has 1 saturated carbocycles. The molecule has 0 spiro atoms. The molecule has 0 unspecified atom stereocenters. The van der Waals surface area contributed by atoms with Crippen LogP contribution < -0.4 is 21.7 Å². The van der Waals surface area contributed by atoms with Gasteiger partial charge in [-0.15, -0.1) is 0 Å². The molecule has 0 amide bonds. The number of anilines is 1. The number of allylic oxidation sites excluding steroid dienone is 1. The second-order valence-corrected chi connectivity index (χ2v) is 7.61. The van der Waals surface area contributed by atoms with Crippen LogP contribution in [0.15, 0.2) is 59.5 Å². The van der Waals surface area contributed by atoms with Crippen molar-refractivity contribution >= 4 is 17.3 Å². The monoisotopic (exact) mass is 418 g/mol. The first-order valence-electron chi connectivity index (χ1n) is 10.5. The Kier molecular flexibility index (Phi) is 7.85. The van der Waals surface area contributed by atoms with Gasteiger partial charge in [-0.05, 0) is 56.5 Å². The zero-order chi connectivity index (χ0) is 22.1. The van der Waals surface area contributed by atoms with E-state index in [-0.39, 0.29) is 0 Å². The maximum Gasteiger partial charge on any atom is 0.175 e. The van der Waals surface area contributed by atoms with Crippen molar-refractivity contribution in [1.29, 1.82) is 5.26 Å². The molecule has 2 aromatic rings. The van der Waals surface area contributed by atoms with E-state index in [2.05, 4.69) is 43.8 Å². The molecule has 8 nitrogen and oxygen atoms in total. The molecule has 1 aliphatic carbocycles. The van der Waals surface area contributed by atoms with E-state index >= 15 is 0 Å². The van der Waals surface area contributed by atoms with Crippen LogP contribution >= 0.6 is 0 Å². The van der Waals surface area contributed by atoms with E-state index in [1.54, 1.807) is 0 Å². The lowest BCUT2D eigenvalue weighted by atomic mass is 10.1. The molecular weight excluding hydrogens is 388 g/mol. The predicted octanol–water partition coefficient (Wildman–Crippen LogP) is 3.40. The number of nitriles is 1. The summed E-state index contributed by atoms with van der Waals surface area (Å²) >= 11 is 0. The summed E-state index contributed by atoms with van der Waals surface area (Å²) in [7, 11) is 0. The fourth-order valence-corrected chi connectivity index (χ4v) is 3.01. The number of hydrogen-bond acceptors (Lipinski definition) is 6. The summed E-state index contributed by atoms with van der Waals surface area (Å²) in [6.07, 6.45) is 5.61. The molecule has 0 radical (unpaired) electrons. The lowest BCUT2D eigenvalue weighted by Gasteiger charge is -2.13. The van der Waals surface area contributed by atoms with Crippen LogP contribution in [0.3, 0.4) is 0 Å². The normalized spacial score (nSPS) is 14.1. The van der Waals surface area contributed by atoms with Crippen LogP contribution in [0.2, 0.25) is 0 Å². The minimum atomic E-state index is 0.393. The fourth-order valence-electron chi connectivity index (χ4n) is 3.01. The summed E-state index contributed by atoms with van der Waals surface area (Å²) in [6, 6.07) is 11.8. The summed E-state index contributed by atoms with van der Waals surface area (Å²) in [4.78, 5) is 4.66. The van der Waals surface area contributed by atoms with Crippen LogP contribution in [-0.4, -0.2) is 29.1 Å². The molecule has 1 aromatic heterocycles. The summed E-state index contributed by atoms with van der Waals surface area (Å²) in [5, 5.41) is 26.0. The van der Waals surface area contributed by atoms with E-state index in [1.807, 2.05) is 43.3 Å². The third-order valence-electron chi connectivity index (χ3n) is 4.79. The molecule has 1 aliphatic rings. The molecule has 162 valence electrons. The number of aromatic amines is 1. The molecule has 31 heavy (non-hydrogen) atoms. The van der Waals surface area contributed by atoms with Crippen LogP contribution in [0.5, 0.6) is 0 Å². The van der Waals surface area contributed by atoms with Gasteiger partial charge in [0.1, 0.15) is 11.7 Å². The van der Waals surface area contributed by atoms with Gasteiger partial charge in [-0.1, -0.05) is 18.7 Å². The Morgan fingerprint density at radius 2 is 2.16 bits per heavy atom. The number of benzene rings is 1. The molecule has 0 atom stereocenters. The van der Waals surface area contributed by atoms with Crippen molar-refractivity contribution in [1.82, 2.24) is 20.8 Å². The van der Waals surface area contributed by atoms with Gasteiger partial charge in [-0.2, -0.15) is 10.4 Å². The molecule has 1 fully saturated rings. The van der Waals surface area contributed by atoms with E-state index < -0.39 is 0 Å². The van der Waals surface area contributed by atoms with Crippen molar-refractivity contribution in [3.05, 3.63) is 65.8 Å². The van der Waals surface area contributed by atoms with Crippen molar-refractivity contribution in [3.8, 4) is 6.07 Å². The zero-order valence-electron chi connectivity index (χ0n) is 17.9. The highest BCUT2D eigenvalue weighted by Gasteiger charge is 2.25. The topological polar surface area (TPSA) is 127 Å². The summed E-state index contributed by atoms with van der Waals surface area (Å²) in [5.74, 6) is 2.41. The van der Waals surface area contributed by atoms with Crippen LogP contribution in [-0.2, 0) is 6.42 Å². The van der Waals surface area contributed by atoms with Crippen LogP contribution in [0, 0.1) is 11.3 Å². The Labute approximate surface area is 183 Å². The number of H-pyrrole nitrogens is 1.